The molecule has 132 valence electrons. The number of ether oxygens (including phenoxy) is 1. The lowest BCUT2D eigenvalue weighted by atomic mass is 10.1. The lowest BCUT2D eigenvalue weighted by Crippen LogP contribution is -2.27. The zero-order valence-corrected chi connectivity index (χ0v) is 14.3. The third-order valence-electron chi connectivity index (χ3n) is 3.91. The van der Waals surface area contributed by atoms with Crippen molar-refractivity contribution in [3.05, 3.63) is 90.2 Å². The molecule has 1 amide bonds. The van der Waals surface area contributed by atoms with Crippen molar-refractivity contribution in [1.82, 2.24) is 0 Å². The van der Waals surface area contributed by atoms with Crippen LogP contribution in [0.3, 0.4) is 0 Å². The van der Waals surface area contributed by atoms with Gasteiger partial charge in [-0.05, 0) is 54.1 Å². The Morgan fingerprint density at radius 1 is 0.885 bits per heavy atom. The molecule has 0 radical (unpaired) electrons. The Morgan fingerprint density at radius 3 is 2.12 bits per heavy atom. The quantitative estimate of drug-likeness (QED) is 0.682. The molecule has 0 saturated carbocycles. The van der Waals surface area contributed by atoms with Crippen molar-refractivity contribution < 1.29 is 13.9 Å². The summed E-state index contributed by atoms with van der Waals surface area (Å²) in [5, 5.41) is 6.05. The van der Waals surface area contributed by atoms with E-state index in [1.165, 1.54) is 24.3 Å². The number of amides is 1. The Morgan fingerprint density at radius 2 is 1.50 bits per heavy atom. The Hall–Kier alpha value is -3.34. The van der Waals surface area contributed by atoms with Crippen molar-refractivity contribution in [2.45, 2.75) is 6.04 Å². The summed E-state index contributed by atoms with van der Waals surface area (Å²) < 4.78 is 18.2. The van der Waals surface area contributed by atoms with Crippen molar-refractivity contribution in [3.8, 4) is 5.75 Å². The molecule has 4 nitrogen and oxygen atoms in total. The van der Waals surface area contributed by atoms with Gasteiger partial charge in [0, 0.05) is 11.4 Å². The highest BCUT2D eigenvalue weighted by molar-refractivity contribution is 5.97. The molecule has 3 rings (SSSR count). The minimum atomic E-state index is -0.602. The molecule has 0 heterocycles. The van der Waals surface area contributed by atoms with Gasteiger partial charge in [0.05, 0.1) is 7.11 Å². The van der Waals surface area contributed by atoms with E-state index in [4.69, 9.17) is 4.74 Å². The number of rotatable bonds is 6. The van der Waals surface area contributed by atoms with E-state index >= 15 is 0 Å². The van der Waals surface area contributed by atoms with E-state index in [9.17, 15) is 9.18 Å². The summed E-state index contributed by atoms with van der Waals surface area (Å²) in [6, 6.07) is 21.8. The van der Waals surface area contributed by atoms with Crippen LogP contribution in [0.15, 0.2) is 78.9 Å². The SMILES string of the molecule is COc1ccc(N[C@@H](C(=O)Nc2ccc(F)cc2)c2ccccc2)cc1. The maximum atomic E-state index is 13.1. The molecule has 0 aliphatic rings. The average Bonchev–Trinajstić information content (AvgIpc) is 2.69. The highest BCUT2D eigenvalue weighted by Crippen LogP contribution is 2.23. The Labute approximate surface area is 151 Å². The van der Waals surface area contributed by atoms with Gasteiger partial charge in [-0.15, -0.1) is 0 Å². The molecular weight excluding hydrogens is 331 g/mol. The predicted octanol–water partition coefficient (Wildman–Crippen LogP) is 4.63. The normalized spacial score (nSPS) is 11.5. The van der Waals surface area contributed by atoms with Crippen LogP contribution in [0, 0.1) is 5.82 Å². The van der Waals surface area contributed by atoms with Crippen LogP contribution in [0.4, 0.5) is 15.8 Å². The van der Waals surface area contributed by atoms with Gasteiger partial charge in [-0.2, -0.15) is 0 Å². The molecule has 0 unspecified atom stereocenters. The van der Waals surface area contributed by atoms with Gasteiger partial charge in [-0.25, -0.2) is 4.39 Å². The molecule has 0 aromatic heterocycles. The number of nitrogens with one attached hydrogen (secondary N) is 2. The second kappa shape index (κ2) is 8.16. The molecule has 0 bridgehead atoms. The van der Waals surface area contributed by atoms with E-state index in [0.29, 0.717) is 5.69 Å². The van der Waals surface area contributed by atoms with Crippen LogP contribution in [0.2, 0.25) is 0 Å². The number of hydrogen-bond acceptors (Lipinski definition) is 3. The van der Waals surface area contributed by atoms with Gasteiger partial charge in [-0.3, -0.25) is 4.79 Å². The molecule has 1 atom stereocenters. The first-order valence-electron chi connectivity index (χ1n) is 8.17. The lowest BCUT2D eigenvalue weighted by molar-refractivity contribution is -0.117. The smallest absolute Gasteiger partial charge is 0.251 e. The second-order valence-electron chi connectivity index (χ2n) is 5.71. The molecule has 2 N–H and O–H groups in total. The van der Waals surface area contributed by atoms with Gasteiger partial charge in [0.25, 0.3) is 5.91 Å². The van der Waals surface area contributed by atoms with Crippen molar-refractivity contribution in [1.29, 1.82) is 0 Å². The Kier molecular flexibility index (Phi) is 5.49. The standard InChI is InChI=1S/C21H19FN2O2/c1-26-19-13-11-17(12-14-19)23-20(15-5-3-2-4-6-15)21(25)24-18-9-7-16(22)8-10-18/h2-14,20,23H,1H3,(H,24,25)/t20-/m1/s1. The van der Waals surface area contributed by atoms with Crippen molar-refractivity contribution >= 4 is 17.3 Å². The number of methoxy groups -OCH3 is 1. The number of hydrogen-bond donors (Lipinski definition) is 2. The Balaban J connectivity index is 1.82. The van der Waals surface area contributed by atoms with E-state index in [1.54, 1.807) is 7.11 Å². The van der Waals surface area contributed by atoms with Crippen LogP contribution in [0.1, 0.15) is 11.6 Å². The molecule has 26 heavy (non-hydrogen) atoms. The third-order valence-corrected chi connectivity index (χ3v) is 3.91. The first-order chi connectivity index (χ1) is 12.7. The van der Waals surface area contributed by atoms with E-state index in [0.717, 1.165) is 17.0 Å². The molecule has 0 aliphatic carbocycles. The number of halogens is 1. The van der Waals surface area contributed by atoms with Gasteiger partial charge in [0.1, 0.15) is 17.6 Å². The van der Waals surface area contributed by atoms with Gasteiger partial charge in [0.2, 0.25) is 0 Å². The minimum Gasteiger partial charge on any atom is -0.497 e. The summed E-state index contributed by atoms with van der Waals surface area (Å²) in [5.41, 5.74) is 2.14. The van der Waals surface area contributed by atoms with Gasteiger partial charge >= 0.3 is 0 Å². The molecule has 0 aliphatic heterocycles. The molecule has 3 aromatic carbocycles. The number of carbonyl (C=O) groups is 1. The first kappa shape index (κ1) is 17.5. The maximum Gasteiger partial charge on any atom is 0.251 e. The molecular formula is C21H19FN2O2. The summed E-state index contributed by atoms with van der Waals surface area (Å²) in [5.74, 6) is 0.153. The van der Waals surface area contributed by atoms with Crippen molar-refractivity contribution in [2.24, 2.45) is 0 Å². The van der Waals surface area contributed by atoms with Gasteiger partial charge < -0.3 is 15.4 Å². The largest absolute Gasteiger partial charge is 0.497 e. The van der Waals surface area contributed by atoms with Crippen LogP contribution in [0.25, 0.3) is 0 Å². The van der Waals surface area contributed by atoms with Crippen LogP contribution < -0.4 is 15.4 Å². The minimum absolute atomic E-state index is 0.237. The summed E-state index contributed by atoms with van der Waals surface area (Å²) in [6.45, 7) is 0. The lowest BCUT2D eigenvalue weighted by Gasteiger charge is -2.20. The van der Waals surface area contributed by atoms with Crippen molar-refractivity contribution in [2.75, 3.05) is 17.7 Å². The highest BCUT2D eigenvalue weighted by atomic mass is 19.1. The van der Waals surface area contributed by atoms with E-state index in [2.05, 4.69) is 10.6 Å². The third kappa shape index (κ3) is 4.39. The topological polar surface area (TPSA) is 50.4 Å². The number of benzene rings is 3. The van der Waals surface area contributed by atoms with Gasteiger partial charge in [0.15, 0.2) is 0 Å². The van der Waals surface area contributed by atoms with Crippen LogP contribution >= 0.6 is 0 Å². The first-order valence-corrected chi connectivity index (χ1v) is 8.17. The molecule has 0 saturated heterocycles. The number of anilines is 2. The fraction of sp³-hybridized carbons (Fsp3) is 0.0952. The average molecular weight is 350 g/mol. The number of carbonyl (C=O) groups excluding carboxylic acids is 1. The summed E-state index contributed by atoms with van der Waals surface area (Å²) in [6.07, 6.45) is 0. The maximum absolute atomic E-state index is 13.1. The van der Waals surface area contributed by atoms with Gasteiger partial charge in [-0.1, -0.05) is 30.3 Å². The van der Waals surface area contributed by atoms with Crippen LogP contribution in [-0.4, -0.2) is 13.0 Å². The predicted molar refractivity (Wildman–Crippen MR) is 101 cm³/mol. The zero-order valence-electron chi connectivity index (χ0n) is 14.3. The van der Waals surface area contributed by atoms with E-state index in [-0.39, 0.29) is 11.7 Å². The Bertz CT molecular complexity index is 849. The monoisotopic (exact) mass is 350 g/mol. The fourth-order valence-corrected chi connectivity index (χ4v) is 2.55. The van der Waals surface area contributed by atoms with E-state index < -0.39 is 6.04 Å². The van der Waals surface area contributed by atoms with Crippen molar-refractivity contribution in [3.63, 3.8) is 0 Å². The molecule has 0 spiro atoms. The zero-order chi connectivity index (χ0) is 18.4. The van der Waals surface area contributed by atoms with Crippen LogP contribution in [-0.2, 0) is 4.79 Å². The summed E-state index contributed by atoms with van der Waals surface area (Å²) in [4.78, 5) is 12.8. The summed E-state index contributed by atoms with van der Waals surface area (Å²) in [7, 11) is 1.60. The molecule has 0 fully saturated rings. The van der Waals surface area contributed by atoms with E-state index in [1.807, 2.05) is 54.6 Å². The second-order valence-corrected chi connectivity index (χ2v) is 5.71. The molecule has 5 heteroatoms. The fourth-order valence-electron chi connectivity index (χ4n) is 2.55. The summed E-state index contributed by atoms with van der Waals surface area (Å²) >= 11 is 0. The highest BCUT2D eigenvalue weighted by Gasteiger charge is 2.20. The molecule has 3 aromatic rings. The van der Waals surface area contributed by atoms with Crippen LogP contribution in [0.5, 0.6) is 5.75 Å².